The normalized spacial score (nSPS) is 11.2. The summed E-state index contributed by atoms with van der Waals surface area (Å²) in [5.41, 5.74) is 0. The third-order valence-corrected chi connectivity index (χ3v) is 16.6. The molecule has 0 rings (SSSR count). The Morgan fingerprint density at radius 3 is 0.393 bits per heavy atom. The van der Waals surface area contributed by atoms with Crippen molar-refractivity contribution in [3.8, 4) is 0 Å². The van der Waals surface area contributed by atoms with Crippen molar-refractivity contribution in [1.29, 1.82) is 0 Å². The molecule has 0 aliphatic carbocycles. The van der Waals surface area contributed by atoms with Gasteiger partial charge in [-0.3, -0.25) is 19.2 Å². The van der Waals surface area contributed by atoms with Crippen LogP contribution >= 0.6 is 0 Å². The van der Waals surface area contributed by atoms with Crippen LogP contribution in [0.15, 0.2) is 48.6 Å². The van der Waals surface area contributed by atoms with Gasteiger partial charge in [-0.05, 0) is 128 Å². The molecule has 0 aromatic heterocycles. The molecule has 0 heterocycles. The molecule has 0 aromatic carbocycles. The number of hydrogen-bond acceptors (Lipinski definition) is 4. The van der Waals surface area contributed by atoms with Gasteiger partial charge in [0.1, 0.15) is 0 Å². The minimum absolute atomic E-state index is 0. The van der Waals surface area contributed by atoms with Crippen molar-refractivity contribution in [2.75, 3.05) is 0 Å². The Labute approximate surface area is 568 Å². The van der Waals surface area contributed by atoms with Gasteiger partial charge in [-0.25, -0.2) is 0 Å². The summed E-state index contributed by atoms with van der Waals surface area (Å²) >= 11 is 0. The van der Waals surface area contributed by atoms with Crippen LogP contribution in [0, 0.1) is 0 Å². The number of hydrogen-bond donors (Lipinski definition) is 4. The molecule has 0 aliphatic rings. The van der Waals surface area contributed by atoms with Crippen LogP contribution in [0.2, 0.25) is 0 Å². The fourth-order valence-corrected chi connectivity index (χ4v) is 10.8. The van der Waals surface area contributed by atoms with Gasteiger partial charge in [0.25, 0.3) is 0 Å². The zero-order valence-corrected chi connectivity index (χ0v) is 62.6. The van der Waals surface area contributed by atoms with Crippen LogP contribution in [0.3, 0.4) is 0 Å². The van der Waals surface area contributed by atoms with Crippen LogP contribution in [0.5, 0.6) is 0 Å². The minimum Gasteiger partial charge on any atom is -0.481 e. The summed E-state index contributed by atoms with van der Waals surface area (Å²) in [6.45, 7) is 9.06. The number of aliphatic carboxylic acids is 4. The van der Waals surface area contributed by atoms with E-state index in [0.29, 0.717) is 25.7 Å². The van der Waals surface area contributed by atoms with Gasteiger partial charge >= 0.3 is 23.9 Å². The Bertz CT molecular complexity index is 1260. The molecule has 0 aliphatic heterocycles. The van der Waals surface area contributed by atoms with Gasteiger partial charge in [-0.2, -0.15) is 0 Å². The van der Waals surface area contributed by atoms with E-state index in [1.807, 2.05) is 0 Å². The molecule has 0 aromatic rings. The molecular weight excluding hydrogens is 1270 g/mol. The summed E-state index contributed by atoms with van der Waals surface area (Å²) in [5.74, 6) is -2.64. The zero-order valence-electron chi connectivity index (χ0n) is 59.7. The minimum atomic E-state index is -0.659. The van der Waals surface area contributed by atoms with Gasteiger partial charge in [0, 0.05) is 46.7 Å². The molecule has 89 heavy (non-hydrogen) atoms. The first-order chi connectivity index (χ1) is 43.1. The summed E-state index contributed by atoms with van der Waals surface area (Å²) in [4.78, 5) is 41.4. The molecule has 0 spiro atoms. The van der Waals surface area contributed by atoms with Crippen molar-refractivity contribution in [2.45, 2.75) is 439 Å². The van der Waals surface area contributed by atoms with E-state index in [0.717, 1.165) is 51.4 Å². The Balaban J connectivity index is -0.000000351. The molecule has 0 amide bonds. The van der Waals surface area contributed by atoms with Gasteiger partial charge in [-0.15, -0.1) is 0 Å². The van der Waals surface area contributed by atoms with Crippen LogP contribution < -0.4 is 0 Å². The average molecular weight is 1430 g/mol. The maximum Gasteiger partial charge on any atom is 0.303 e. The molecule has 0 radical (unpaired) electrons. The van der Waals surface area contributed by atoms with E-state index in [4.69, 9.17) is 20.4 Å². The van der Waals surface area contributed by atoms with Crippen molar-refractivity contribution in [1.82, 2.24) is 0 Å². The van der Waals surface area contributed by atoms with E-state index in [1.54, 1.807) is 0 Å². The summed E-state index contributed by atoms with van der Waals surface area (Å²) in [7, 11) is 0. The third kappa shape index (κ3) is 110. The van der Waals surface area contributed by atoms with Crippen LogP contribution in [0.4, 0.5) is 0 Å². The van der Waals surface area contributed by atoms with Gasteiger partial charge in [-0.1, -0.05) is 333 Å². The molecule has 0 saturated carbocycles. The van der Waals surface area contributed by atoms with E-state index in [9.17, 15) is 19.2 Å². The van der Waals surface area contributed by atoms with Crippen LogP contribution in [0.25, 0.3) is 0 Å². The largest absolute Gasteiger partial charge is 0.481 e. The summed E-state index contributed by atoms with van der Waals surface area (Å²) in [5, 5.41) is 34.1. The van der Waals surface area contributed by atoms with E-state index in [1.165, 1.54) is 334 Å². The fraction of sp³-hybridized carbons (Fsp3) is 0.850. The van der Waals surface area contributed by atoms with Crippen molar-refractivity contribution in [3.63, 3.8) is 0 Å². The fourth-order valence-electron chi connectivity index (χ4n) is 10.8. The number of allylic oxidation sites excluding steroid dienone is 8. The molecule has 526 valence electrons. The first-order valence-corrected chi connectivity index (χ1v) is 38.6. The Kier molecular flexibility index (Phi) is 98.4. The van der Waals surface area contributed by atoms with Crippen molar-refractivity contribution in [2.24, 2.45) is 0 Å². The number of carbonyl (C=O) groups is 4. The summed E-state index contributed by atoms with van der Waals surface area (Å²) in [6.07, 6.45) is 96.7. The summed E-state index contributed by atoms with van der Waals surface area (Å²) < 4.78 is 0. The molecular formula is C80H152O8W. The van der Waals surface area contributed by atoms with Gasteiger partial charge in [0.05, 0.1) is 0 Å². The van der Waals surface area contributed by atoms with Crippen LogP contribution in [-0.4, -0.2) is 44.3 Å². The maximum absolute atomic E-state index is 10.4. The Hall–Kier alpha value is -2.47. The maximum atomic E-state index is 10.4. The first-order valence-electron chi connectivity index (χ1n) is 38.6. The summed E-state index contributed by atoms with van der Waals surface area (Å²) in [6, 6.07) is 0. The number of carboxylic acid groups (broad SMARTS) is 4. The first kappa shape index (κ1) is 95.2. The number of rotatable bonds is 68. The monoisotopic (exact) mass is 1430 g/mol. The van der Waals surface area contributed by atoms with Crippen molar-refractivity contribution >= 4 is 23.9 Å². The smallest absolute Gasteiger partial charge is 0.303 e. The molecule has 0 bridgehead atoms. The zero-order chi connectivity index (χ0) is 65.2. The molecule has 0 saturated heterocycles. The van der Waals surface area contributed by atoms with E-state index in [-0.39, 0.29) is 21.1 Å². The molecule has 4 N–H and O–H groups in total. The second-order valence-electron chi connectivity index (χ2n) is 25.7. The second-order valence-corrected chi connectivity index (χ2v) is 25.7. The topological polar surface area (TPSA) is 149 Å². The molecule has 0 atom stereocenters. The standard InChI is InChI=1S/4C20H38O2.W/c4*1-2-3-4-5-6-7-8-9-10-11-12-13-14-15-16-17-18-19-20(21)22;/h4*9-10H,2-8,11-19H2,1H3,(H,21,22);/b4*10-9-;. The van der Waals surface area contributed by atoms with E-state index in [2.05, 4.69) is 76.3 Å². The van der Waals surface area contributed by atoms with E-state index < -0.39 is 23.9 Å². The predicted octanol–water partition coefficient (Wildman–Crippen LogP) is 27.6. The predicted molar refractivity (Wildman–Crippen MR) is 385 cm³/mol. The Morgan fingerprint density at radius 2 is 0.281 bits per heavy atom. The van der Waals surface area contributed by atoms with Crippen LogP contribution in [0.1, 0.15) is 439 Å². The molecule has 0 fully saturated rings. The SMILES string of the molecule is CCCCCCCC/C=C\CCCCCCCCCC(=O)O.CCCCCCCC/C=C\CCCCCCCCCC(=O)O.CCCCCCCC/C=C\CCCCCCCCCC(=O)O.CCCCCCCC/C=C\CCCCCCCCCC(=O)O.[W]. The third-order valence-electron chi connectivity index (χ3n) is 16.6. The van der Waals surface area contributed by atoms with Crippen molar-refractivity contribution < 1.29 is 60.7 Å². The number of carboxylic acids is 4. The Morgan fingerprint density at radius 1 is 0.180 bits per heavy atom. The van der Waals surface area contributed by atoms with Gasteiger partial charge < -0.3 is 20.4 Å². The van der Waals surface area contributed by atoms with Gasteiger partial charge in [0.2, 0.25) is 0 Å². The van der Waals surface area contributed by atoms with Crippen molar-refractivity contribution in [3.05, 3.63) is 48.6 Å². The molecule has 9 heteroatoms. The second kappa shape index (κ2) is 91.9. The van der Waals surface area contributed by atoms with Gasteiger partial charge in [0.15, 0.2) is 0 Å². The molecule has 8 nitrogen and oxygen atoms in total. The quantitative estimate of drug-likeness (QED) is 0.0347. The van der Waals surface area contributed by atoms with E-state index >= 15 is 0 Å². The number of unbranched alkanes of at least 4 members (excludes halogenated alkanes) is 52. The average Bonchev–Trinajstić information content (AvgIpc) is 3.50. The molecule has 0 unspecified atom stereocenters. The van der Waals surface area contributed by atoms with Crippen LogP contribution in [-0.2, 0) is 40.2 Å².